The van der Waals surface area contributed by atoms with Crippen LogP contribution >= 0.6 is 23.1 Å². The predicted octanol–water partition coefficient (Wildman–Crippen LogP) is 4.44. The molecule has 5 aromatic rings. The largest absolute Gasteiger partial charge is 0.301 e. The molecule has 0 spiro atoms. The van der Waals surface area contributed by atoms with Crippen molar-refractivity contribution in [2.45, 2.75) is 20.7 Å². The first-order chi connectivity index (χ1) is 19.2. The van der Waals surface area contributed by atoms with Crippen LogP contribution in [0.25, 0.3) is 10.8 Å². The molecule has 0 saturated carbocycles. The number of rotatable bonds is 9. The summed E-state index contributed by atoms with van der Waals surface area (Å²) in [6.45, 7) is 0. The summed E-state index contributed by atoms with van der Waals surface area (Å²) in [5, 5.41) is 15.9. The quantitative estimate of drug-likeness (QED) is 0.109. The van der Waals surface area contributed by atoms with E-state index in [1.807, 2.05) is 42.5 Å². The molecule has 1 amide bonds. The number of aromatic nitrogens is 3. The molecule has 0 bridgehead atoms. The van der Waals surface area contributed by atoms with Crippen LogP contribution in [0, 0.1) is 10.1 Å². The van der Waals surface area contributed by atoms with Crippen molar-refractivity contribution in [2.75, 3.05) is 11.1 Å². The molecule has 0 unspecified atom stereocenters. The number of nitrogens with one attached hydrogen (secondary N) is 2. The fourth-order valence-corrected chi connectivity index (χ4v) is 6.94. The minimum absolute atomic E-state index is 0.0672. The van der Waals surface area contributed by atoms with E-state index in [1.165, 1.54) is 6.07 Å². The zero-order chi connectivity index (χ0) is 28.3. The number of carbonyl (C=O) groups excluding carboxylic acids is 1. The first-order valence-electron chi connectivity index (χ1n) is 11.6. The van der Waals surface area contributed by atoms with Crippen LogP contribution in [0.15, 0.2) is 98.0 Å². The molecule has 0 fully saturated rings. The topological polar surface area (TPSA) is 165 Å². The summed E-state index contributed by atoms with van der Waals surface area (Å²) in [5.74, 6) is -0.576. The van der Waals surface area contributed by atoms with Crippen molar-refractivity contribution in [1.82, 2.24) is 15.0 Å². The van der Waals surface area contributed by atoms with Crippen LogP contribution < -0.4 is 10.9 Å². The van der Waals surface area contributed by atoms with Crippen LogP contribution in [0.1, 0.15) is 11.3 Å². The van der Waals surface area contributed by atoms with Gasteiger partial charge in [-0.2, -0.15) is 0 Å². The number of fused-ring (bicyclic) bond motifs is 1. The maximum absolute atomic E-state index is 12.8. The minimum atomic E-state index is -3.97. The number of nitro groups is 1. The lowest BCUT2D eigenvalue weighted by molar-refractivity contribution is -0.384. The Morgan fingerprint density at radius 3 is 2.55 bits per heavy atom. The Morgan fingerprint density at radius 2 is 1.80 bits per heavy atom. The summed E-state index contributed by atoms with van der Waals surface area (Å²) in [5.41, 5.74) is 0.982. The predicted molar refractivity (Wildman–Crippen MR) is 152 cm³/mol. The number of carbonyl (C=O) groups is 1. The highest BCUT2D eigenvalue weighted by molar-refractivity contribution is 7.99. The van der Waals surface area contributed by atoms with Gasteiger partial charge in [-0.3, -0.25) is 19.7 Å². The van der Waals surface area contributed by atoms with Gasteiger partial charge in [0.15, 0.2) is 10.3 Å². The molecule has 202 valence electrons. The maximum Gasteiger partial charge on any atom is 0.269 e. The number of H-pyrrole nitrogens is 1. The van der Waals surface area contributed by atoms with Gasteiger partial charge in [0.05, 0.1) is 27.5 Å². The Labute approximate surface area is 235 Å². The van der Waals surface area contributed by atoms with E-state index in [0.717, 1.165) is 69.9 Å². The van der Waals surface area contributed by atoms with Gasteiger partial charge < -0.3 is 10.3 Å². The molecule has 40 heavy (non-hydrogen) atoms. The van der Waals surface area contributed by atoms with Crippen LogP contribution in [0.3, 0.4) is 0 Å². The van der Waals surface area contributed by atoms with Crippen molar-refractivity contribution in [3.05, 3.63) is 111 Å². The number of amides is 1. The Morgan fingerprint density at radius 1 is 1.05 bits per heavy atom. The number of benzene rings is 3. The molecule has 3 aromatic carbocycles. The third-order valence-corrected chi connectivity index (χ3v) is 9.68. The number of sulfone groups is 1. The van der Waals surface area contributed by atoms with E-state index in [4.69, 9.17) is 0 Å². The van der Waals surface area contributed by atoms with Gasteiger partial charge in [-0.05, 0) is 28.5 Å². The Hall–Kier alpha value is -4.40. The fraction of sp³-hybridized carbons (Fsp3) is 0.0769. The zero-order valence-electron chi connectivity index (χ0n) is 20.4. The van der Waals surface area contributed by atoms with Crippen LogP contribution in [-0.2, 0) is 21.1 Å². The summed E-state index contributed by atoms with van der Waals surface area (Å²) < 4.78 is 25.5. The summed E-state index contributed by atoms with van der Waals surface area (Å²) in [7, 11) is -3.97. The van der Waals surface area contributed by atoms with Crippen LogP contribution in [0.4, 0.5) is 10.8 Å². The number of nitro benzene ring substituents is 1. The minimum Gasteiger partial charge on any atom is -0.301 e. The van der Waals surface area contributed by atoms with Gasteiger partial charge in [0.1, 0.15) is 4.21 Å². The number of hydrogen-bond donors (Lipinski definition) is 2. The van der Waals surface area contributed by atoms with Gasteiger partial charge >= 0.3 is 0 Å². The Balaban J connectivity index is 1.21. The Bertz CT molecular complexity index is 1900. The van der Waals surface area contributed by atoms with E-state index in [-0.39, 0.29) is 36.4 Å². The van der Waals surface area contributed by atoms with E-state index in [0.29, 0.717) is 12.1 Å². The molecule has 5 rings (SSSR count). The molecule has 0 atom stereocenters. The van der Waals surface area contributed by atoms with Crippen molar-refractivity contribution in [1.29, 1.82) is 0 Å². The lowest BCUT2D eigenvalue weighted by atomic mass is 10.0. The fourth-order valence-electron chi connectivity index (χ4n) is 3.79. The molecule has 2 N–H and O–H groups in total. The summed E-state index contributed by atoms with van der Waals surface area (Å²) in [4.78, 5) is 45.8. The van der Waals surface area contributed by atoms with Crippen molar-refractivity contribution < 1.29 is 18.1 Å². The molecular weight excluding hydrogens is 575 g/mol. The van der Waals surface area contributed by atoms with Crippen molar-refractivity contribution in [3.63, 3.8) is 0 Å². The van der Waals surface area contributed by atoms with Gasteiger partial charge in [-0.15, -0.1) is 0 Å². The highest BCUT2D eigenvalue weighted by Gasteiger charge is 2.22. The summed E-state index contributed by atoms with van der Waals surface area (Å²) >= 11 is 1.78. The highest BCUT2D eigenvalue weighted by atomic mass is 32.2. The van der Waals surface area contributed by atoms with Gasteiger partial charge in [0.25, 0.3) is 11.2 Å². The number of non-ortho nitro benzene ring substituents is 1. The molecule has 0 aliphatic rings. The van der Waals surface area contributed by atoms with Crippen molar-refractivity contribution in [2.24, 2.45) is 0 Å². The van der Waals surface area contributed by atoms with E-state index in [2.05, 4.69) is 20.3 Å². The smallest absolute Gasteiger partial charge is 0.269 e. The lowest BCUT2D eigenvalue weighted by Crippen LogP contribution is -2.15. The monoisotopic (exact) mass is 593 g/mol. The lowest BCUT2D eigenvalue weighted by Gasteiger charge is -2.06. The van der Waals surface area contributed by atoms with Gasteiger partial charge in [-0.25, -0.2) is 18.4 Å². The second-order valence-electron chi connectivity index (χ2n) is 8.48. The van der Waals surface area contributed by atoms with Gasteiger partial charge in [0.2, 0.25) is 15.7 Å². The third-order valence-electron chi connectivity index (χ3n) is 5.67. The van der Waals surface area contributed by atoms with Gasteiger partial charge in [-0.1, -0.05) is 65.6 Å². The number of hydrogen-bond acceptors (Lipinski definition) is 10. The third kappa shape index (κ3) is 6.25. The molecule has 0 saturated heterocycles. The molecule has 0 aliphatic heterocycles. The van der Waals surface area contributed by atoms with Crippen LogP contribution in [-0.4, -0.2) is 40.0 Å². The number of aromatic amines is 1. The number of thioether (sulfide) groups is 1. The molecule has 0 aliphatic carbocycles. The standard InChI is InChI=1S/C26H19N5O6S3/c32-22-13-19(12-16-5-6-17-3-1-2-4-18(17)11-16)28-26(29-22)38-15-23(33)30-25-27-14-24(39-25)40(36,37)21-9-7-20(8-10-21)31(34)35/h1-11,13-14H,12,15H2,(H,27,30,33)(H,28,29,32). The molecule has 11 nitrogen and oxygen atoms in total. The van der Waals surface area contributed by atoms with Crippen LogP contribution in [0.2, 0.25) is 0 Å². The van der Waals surface area contributed by atoms with Gasteiger partial charge in [0, 0.05) is 24.6 Å². The van der Waals surface area contributed by atoms with E-state index in [1.54, 1.807) is 0 Å². The van der Waals surface area contributed by atoms with Crippen molar-refractivity contribution >= 4 is 60.4 Å². The van der Waals surface area contributed by atoms with E-state index < -0.39 is 20.7 Å². The van der Waals surface area contributed by atoms with Crippen molar-refractivity contribution in [3.8, 4) is 0 Å². The molecular formula is C26H19N5O6S3. The first-order valence-corrected chi connectivity index (χ1v) is 14.9. The van der Waals surface area contributed by atoms with Crippen LogP contribution in [0.5, 0.6) is 0 Å². The number of anilines is 1. The molecule has 14 heteroatoms. The summed E-state index contributed by atoms with van der Waals surface area (Å²) in [6, 6.07) is 19.9. The molecule has 2 aromatic heterocycles. The Kier molecular flexibility index (Phi) is 7.73. The number of thiazole rings is 1. The molecule has 2 heterocycles. The summed E-state index contributed by atoms with van der Waals surface area (Å²) in [6.07, 6.45) is 1.55. The highest BCUT2D eigenvalue weighted by Crippen LogP contribution is 2.29. The SMILES string of the molecule is O=C(CSc1nc(Cc2ccc3ccccc3c2)cc(=O)[nH]1)Nc1ncc(S(=O)(=O)c2ccc([N+](=O)[O-])cc2)s1. The first kappa shape index (κ1) is 27.2. The second kappa shape index (κ2) is 11.4. The van der Waals surface area contributed by atoms with E-state index >= 15 is 0 Å². The zero-order valence-corrected chi connectivity index (χ0v) is 22.9. The van der Waals surface area contributed by atoms with E-state index in [9.17, 15) is 28.1 Å². The normalized spacial score (nSPS) is 11.4. The second-order valence-corrected chi connectivity index (χ2v) is 12.6. The number of nitrogens with zero attached hydrogens (tertiary/aromatic N) is 3. The average molecular weight is 594 g/mol. The maximum atomic E-state index is 12.8. The average Bonchev–Trinajstić information content (AvgIpc) is 3.41. The molecule has 0 radical (unpaired) electrons.